The number of aromatic nitrogens is 1. The van der Waals surface area contributed by atoms with Crippen molar-refractivity contribution < 1.29 is 14.3 Å². The predicted molar refractivity (Wildman–Crippen MR) is 69.9 cm³/mol. The Balaban J connectivity index is 2.19. The maximum atomic E-state index is 13.6. The molecule has 0 aliphatic carbocycles. The van der Waals surface area contributed by atoms with Gasteiger partial charge >= 0.3 is 5.97 Å². The standard InChI is InChI=1S/C13H10ClFN2O2/c14-9-4-1-5-10(12(9)15)17-7-11-8(13(18)19)3-2-6-16-11/h1-6,17H,7H2,(H,18,19). The van der Waals surface area contributed by atoms with Gasteiger partial charge in [0.25, 0.3) is 0 Å². The van der Waals surface area contributed by atoms with Gasteiger partial charge in [0.2, 0.25) is 0 Å². The number of carbonyl (C=O) groups is 1. The minimum absolute atomic E-state index is 0.00415. The Hall–Kier alpha value is -2.14. The molecule has 0 fully saturated rings. The smallest absolute Gasteiger partial charge is 0.337 e. The molecule has 0 radical (unpaired) electrons. The molecule has 0 saturated carbocycles. The van der Waals surface area contributed by atoms with E-state index in [9.17, 15) is 9.18 Å². The molecule has 6 heteroatoms. The summed E-state index contributed by atoms with van der Waals surface area (Å²) in [7, 11) is 0. The van der Waals surface area contributed by atoms with Gasteiger partial charge in [0.1, 0.15) is 0 Å². The van der Waals surface area contributed by atoms with Gasteiger partial charge in [-0.3, -0.25) is 4.98 Å². The van der Waals surface area contributed by atoms with Crippen LogP contribution >= 0.6 is 11.6 Å². The lowest BCUT2D eigenvalue weighted by Crippen LogP contribution is -2.09. The number of carboxylic acid groups (broad SMARTS) is 1. The number of anilines is 1. The number of aromatic carboxylic acids is 1. The van der Waals surface area contributed by atoms with E-state index < -0.39 is 11.8 Å². The molecule has 4 nitrogen and oxygen atoms in total. The van der Waals surface area contributed by atoms with Crippen LogP contribution in [0.4, 0.5) is 10.1 Å². The summed E-state index contributed by atoms with van der Waals surface area (Å²) in [4.78, 5) is 15.0. The molecule has 0 unspecified atom stereocenters. The first-order valence-electron chi connectivity index (χ1n) is 5.44. The summed E-state index contributed by atoms with van der Waals surface area (Å²) in [5.41, 5.74) is 0.612. The van der Waals surface area contributed by atoms with E-state index in [4.69, 9.17) is 16.7 Å². The molecule has 19 heavy (non-hydrogen) atoms. The lowest BCUT2D eigenvalue weighted by atomic mass is 10.2. The summed E-state index contributed by atoms with van der Waals surface area (Å²) in [6.45, 7) is 0.0970. The van der Waals surface area contributed by atoms with Crippen LogP contribution in [0.3, 0.4) is 0 Å². The van der Waals surface area contributed by atoms with Crippen molar-refractivity contribution in [3.05, 3.63) is 58.6 Å². The van der Waals surface area contributed by atoms with Gasteiger partial charge in [-0.25, -0.2) is 9.18 Å². The predicted octanol–water partition coefficient (Wildman–Crippen LogP) is 3.18. The number of carboxylic acids is 1. The molecule has 0 spiro atoms. The Kier molecular flexibility index (Phi) is 3.97. The second-order valence-corrected chi connectivity index (χ2v) is 4.16. The molecule has 2 N–H and O–H groups in total. The molecule has 0 aliphatic rings. The maximum Gasteiger partial charge on any atom is 0.337 e. The van der Waals surface area contributed by atoms with E-state index in [-0.39, 0.29) is 22.8 Å². The number of halogens is 2. The zero-order valence-corrected chi connectivity index (χ0v) is 10.5. The van der Waals surface area contributed by atoms with E-state index in [0.717, 1.165) is 0 Å². The van der Waals surface area contributed by atoms with Gasteiger partial charge in [-0.2, -0.15) is 0 Å². The van der Waals surface area contributed by atoms with Gasteiger partial charge in [-0.1, -0.05) is 17.7 Å². The lowest BCUT2D eigenvalue weighted by molar-refractivity contribution is 0.0695. The minimum atomic E-state index is -1.07. The highest BCUT2D eigenvalue weighted by atomic mass is 35.5. The molecular weight excluding hydrogens is 271 g/mol. The van der Waals surface area contributed by atoms with Crippen molar-refractivity contribution in [1.29, 1.82) is 0 Å². The third-order valence-corrected chi connectivity index (χ3v) is 2.81. The monoisotopic (exact) mass is 280 g/mol. The first kappa shape index (κ1) is 13.3. The fourth-order valence-electron chi connectivity index (χ4n) is 1.59. The molecule has 1 aromatic heterocycles. The number of benzene rings is 1. The number of hydrogen-bond donors (Lipinski definition) is 2. The Morgan fingerprint density at radius 1 is 1.37 bits per heavy atom. The maximum absolute atomic E-state index is 13.6. The van der Waals surface area contributed by atoms with Crippen LogP contribution in [0, 0.1) is 5.82 Å². The minimum Gasteiger partial charge on any atom is -0.478 e. The lowest BCUT2D eigenvalue weighted by Gasteiger charge is -2.09. The fourth-order valence-corrected chi connectivity index (χ4v) is 1.77. The molecule has 0 aliphatic heterocycles. The summed E-state index contributed by atoms with van der Waals surface area (Å²) in [5.74, 6) is -1.64. The van der Waals surface area contributed by atoms with Gasteiger partial charge in [0.05, 0.1) is 28.5 Å². The molecule has 0 atom stereocenters. The average molecular weight is 281 g/mol. The molecule has 1 aromatic carbocycles. The van der Waals surface area contributed by atoms with Crippen LogP contribution < -0.4 is 5.32 Å². The van der Waals surface area contributed by atoms with Crippen LogP contribution in [-0.2, 0) is 6.54 Å². The summed E-state index contributed by atoms with van der Waals surface area (Å²) >= 11 is 5.65. The van der Waals surface area contributed by atoms with E-state index >= 15 is 0 Å². The first-order chi connectivity index (χ1) is 9.09. The number of rotatable bonds is 4. The van der Waals surface area contributed by atoms with Crippen LogP contribution in [0.25, 0.3) is 0 Å². The van der Waals surface area contributed by atoms with Crippen molar-refractivity contribution in [3.8, 4) is 0 Å². The molecule has 0 saturated heterocycles. The Morgan fingerprint density at radius 2 is 2.16 bits per heavy atom. The second kappa shape index (κ2) is 5.67. The van der Waals surface area contributed by atoms with Gasteiger partial charge in [-0.15, -0.1) is 0 Å². The zero-order chi connectivity index (χ0) is 13.8. The van der Waals surface area contributed by atoms with Crippen molar-refractivity contribution >= 4 is 23.3 Å². The SMILES string of the molecule is O=C(O)c1cccnc1CNc1cccc(Cl)c1F. The van der Waals surface area contributed by atoms with E-state index in [1.807, 2.05) is 0 Å². The van der Waals surface area contributed by atoms with Gasteiger partial charge in [0, 0.05) is 6.20 Å². The van der Waals surface area contributed by atoms with E-state index in [1.54, 1.807) is 6.07 Å². The Labute approximate surface area is 113 Å². The summed E-state index contributed by atoms with van der Waals surface area (Å²) in [6.07, 6.45) is 1.48. The highest BCUT2D eigenvalue weighted by Crippen LogP contribution is 2.22. The number of nitrogens with zero attached hydrogens (tertiary/aromatic N) is 1. The van der Waals surface area contributed by atoms with Crippen LogP contribution in [0.15, 0.2) is 36.5 Å². The quantitative estimate of drug-likeness (QED) is 0.903. The highest BCUT2D eigenvalue weighted by Gasteiger charge is 2.11. The van der Waals surface area contributed by atoms with Crippen LogP contribution in [0.2, 0.25) is 5.02 Å². The van der Waals surface area contributed by atoms with Crippen molar-refractivity contribution in [1.82, 2.24) is 4.98 Å². The first-order valence-corrected chi connectivity index (χ1v) is 5.82. The summed E-state index contributed by atoms with van der Waals surface area (Å²) in [6, 6.07) is 7.54. The molecule has 0 bridgehead atoms. The van der Waals surface area contributed by atoms with Gasteiger partial charge in [0.15, 0.2) is 5.82 Å². The van der Waals surface area contributed by atoms with E-state index in [2.05, 4.69) is 10.3 Å². The van der Waals surface area contributed by atoms with Crippen LogP contribution in [0.5, 0.6) is 0 Å². The normalized spacial score (nSPS) is 10.2. The molecule has 0 amide bonds. The van der Waals surface area contributed by atoms with Gasteiger partial charge < -0.3 is 10.4 Å². The average Bonchev–Trinajstić information content (AvgIpc) is 2.40. The van der Waals surface area contributed by atoms with E-state index in [0.29, 0.717) is 5.69 Å². The third-order valence-electron chi connectivity index (χ3n) is 2.52. The number of nitrogens with one attached hydrogen (secondary N) is 1. The molecule has 2 aromatic rings. The van der Waals surface area contributed by atoms with Gasteiger partial charge in [-0.05, 0) is 24.3 Å². The Morgan fingerprint density at radius 3 is 2.89 bits per heavy atom. The van der Waals surface area contributed by atoms with E-state index in [1.165, 1.54) is 30.5 Å². The largest absolute Gasteiger partial charge is 0.478 e. The van der Waals surface area contributed by atoms with Crippen molar-refractivity contribution in [2.75, 3.05) is 5.32 Å². The topological polar surface area (TPSA) is 62.2 Å². The summed E-state index contributed by atoms with van der Waals surface area (Å²) in [5, 5.41) is 11.8. The fraction of sp³-hybridized carbons (Fsp3) is 0.0769. The molecule has 98 valence electrons. The van der Waals surface area contributed by atoms with Crippen LogP contribution in [0.1, 0.15) is 16.1 Å². The third kappa shape index (κ3) is 3.00. The highest BCUT2D eigenvalue weighted by molar-refractivity contribution is 6.31. The number of hydrogen-bond acceptors (Lipinski definition) is 3. The molecule has 2 rings (SSSR count). The van der Waals surface area contributed by atoms with Crippen molar-refractivity contribution in [3.63, 3.8) is 0 Å². The van der Waals surface area contributed by atoms with Crippen molar-refractivity contribution in [2.24, 2.45) is 0 Å². The Bertz CT molecular complexity index is 619. The number of pyridine rings is 1. The second-order valence-electron chi connectivity index (χ2n) is 3.76. The van der Waals surface area contributed by atoms with Crippen LogP contribution in [-0.4, -0.2) is 16.1 Å². The molecular formula is C13H10ClFN2O2. The summed E-state index contributed by atoms with van der Waals surface area (Å²) < 4.78 is 13.6. The molecule has 1 heterocycles. The van der Waals surface area contributed by atoms with Crippen molar-refractivity contribution in [2.45, 2.75) is 6.54 Å². The zero-order valence-electron chi connectivity index (χ0n) is 9.73.